The van der Waals surface area contributed by atoms with E-state index < -0.39 is 0 Å². The molecule has 96 valence electrons. The molecule has 18 heavy (non-hydrogen) atoms. The minimum Gasteiger partial charge on any atom is -0.484 e. The fourth-order valence-electron chi connectivity index (χ4n) is 1.72. The highest BCUT2D eigenvalue weighted by molar-refractivity contribution is 7.09. The quantitative estimate of drug-likeness (QED) is 0.900. The molecule has 0 spiro atoms. The third-order valence-electron chi connectivity index (χ3n) is 2.62. The predicted octanol–water partition coefficient (Wildman–Crippen LogP) is 3.09. The number of ether oxygens (including phenoxy) is 1. The normalized spacial score (nSPS) is 12.4. The molecular weight excluding hydrogens is 244 g/mol. The van der Waals surface area contributed by atoms with E-state index in [-0.39, 0.29) is 6.10 Å². The summed E-state index contributed by atoms with van der Waals surface area (Å²) >= 11 is 1.63. The van der Waals surface area contributed by atoms with Gasteiger partial charge in [0.2, 0.25) is 0 Å². The summed E-state index contributed by atoms with van der Waals surface area (Å²) in [5, 5.41) is 3.05. The van der Waals surface area contributed by atoms with E-state index in [1.54, 1.807) is 11.3 Å². The van der Waals surface area contributed by atoms with Gasteiger partial charge in [0.25, 0.3) is 0 Å². The Kier molecular flexibility index (Phi) is 4.33. The van der Waals surface area contributed by atoms with Crippen LogP contribution in [0, 0.1) is 6.92 Å². The molecular formula is C14H18N2OS. The molecule has 1 atom stereocenters. The van der Waals surface area contributed by atoms with Crippen LogP contribution in [0.25, 0.3) is 0 Å². The summed E-state index contributed by atoms with van der Waals surface area (Å²) in [5.41, 5.74) is 7.77. The van der Waals surface area contributed by atoms with Crippen LogP contribution in [0.4, 0.5) is 0 Å². The largest absolute Gasteiger partial charge is 0.484 e. The van der Waals surface area contributed by atoms with E-state index in [9.17, 15) is 0 Å². The van der Waals surface area contributed by atoms with Gasteiger partial charge in [-0.25, -0.2) is 4.98 Å². The van der Waals surface area contributed by atoms with Gasteiger partial charge in [-0.2, -0.15) is 0 Å². The zero-order valence-electron chi connectivity index (χ0n) is 10.7. The number of aryl methyl sites for hydroxylation is 1. The van der Waals surface area contributed by atoms with Gasteiger partial charge in [-0.3, -0.25) is 0 Å². The van der Waals surface area contributed by atoms with Crippen LogP contribution >= 0.6 is 11.3 Å². The molecule has 0 aliphatic carbocycles. The minimum absolute atomic E-state index is 0.0247. The zero-order valence-corrected chi connectivity index (χ0v) is 11.5. The van der Waals surface area contributed by atoms with Crippen molar-refractivity contribution in [2.75, 3.05) is 6.54 Å². The van der Waals surface area contributed by atoms with Gasteiger partial charge in [0, 0.05) is 11.8 Å². The van der Waals surface area contributed by atoms with Crippen molar-refractivity contribution in [1.29, 1.82) is 0 Å². The number of hydrogen-bond donors (Lipinski definition) is 1. The molecule has 1 aromatic heterocycles. The summed E-state index contributed by atoms with van der Waals surface area (Å²) in [4.78, 5) is 4.53. The molecule has 0 fully saturated rings. The Morgan fingerprint density at radius 2 is 2.28 bits per heavy atom. The molecule has 0 saturated carbocycles. The van der Waals surface area contributed by atoms with Gasteiger partial charge in [0.1, 0.15) is 16.9 Å². The minimum atomic E-state index is -0.0247. The van der Waals surface area contributed by atoms with Crippen molar-refractivity contribution in [3.05, 3.63) is 45.9 Å². The Morgan fingerprint density at radius 3 is 3.00 bits per heavy atom. The lowest BCUT2D eigenvalue weighted by Crippen LogP contribution is -2.05. The van der Waals surface area contributed by atoms with Crippen LogP contribution in [0.5, 0.6) is 5.75 Å². The highest BCUT2D eigenvalue weighted by Gasteiger charge is 2.12. The van der Waals surface area contributed by atoms with Gasteiger partial charge in [-0.15, -0.1) is 11.3 Å². The average molecular weight is 262 g/mol. The van der Waals surface area contributed by atoms with E-state index in [2.05, 4.69) is 23.4 Å². The maximum atomic E-state index is 5.89. The van der Waals surface area contributed by atoms with Crippen molar-refractivity contribution in [3.63, 3.8) is 0 Å². The van der Waals surface area contributed by atoms with E-state index in [0.29, 0.717) is 6.54 Å². The van der Waals surface area contributed by atoms with Crippen LogP contribution in [0.1, 0.15) is 29.3 Å². The first-order valence-electron chi connectivity index (χ1n) is 6.06. The Morgan fingerprint density at radius 1 is 1.44 bits per heavy atom. The smallest absolute Gasteiger partial charge is 0.147 e. The molecule has 0 amide bonds. The first-order chi connectivity index (χ1) is 8.69. The molecule has 1 unspecified atom stereocenters. The summed E-state index contributed by atoms with van der Waals surface area (Å²) < 4.78 is 5.89. The van der Waals surface area contributed by atoms with Crippen molar-refractivity contribution in [1.82, 2.24) is 4.98 Å². The van der Waals surface area contributed by atoms with Crippen LogP contribution in [0.2, 0.25) is 0 Å². The van der Waals surface area contributed by atoms with Crippen LogP contribution < -0.4 is 10.5 Å². The number of aromatic nitrogens is 1. The lowest BCUT2D eigenvalue weighted by atomic mass is 10.2. The topological polar surface area (TPSA) is 48.1 Å². The van der Waals surface area contributed by atoms with Gasteiger partial charge in [-0.1, -0.05) is 12.1 Å². The lowest BCUT2D eigenvalue weighted by Gasteiger charge is -2.12. The molecule has 2 aromatic rings. The van der Waals surface area contributed by atoms with E-state index in [1.807, 2.05) is 25.1 Å². The fraction of sp³-hybridized carbons (Fsp3) is 0.357. The summed E-state index contributed by atoms with van der Waals surface area (Å²) in [7, 11) is 0. The molecule has 3 nitrogen and oxygen atoms in total. The second-order valence-electron chi connectivity index (χ2n) is 4.29. The number of nitrogens with zero attached hydrogens (tertiary/aromatic N) is 1. The van der Waals surface area contributed by atoms with E-state index in [4.69, 9.17) is 10.5 Å². The number of thiazole rings is 1. The zero-order chi connectivity index (χ0) is 13.0. The van der Waals surface area contributed by atoms with E-state index in [0.717, 1.165) is 22.9 Å². The molecule has 0 saturated heterocycles. The monoisotopic (exact) mass is 262 g/mol. The summed E-state index contributed by atoms with van der Waals surface area (Å²) in [5.74, 6) is 0.887. The summed E-state index contributed by atoms with van der Waals surface area (Å²) in [6, 6.07) is 8.06. The number of nitrogens with two attached hydrogens (primary N) is 1. The van der Waals surface area contributed by atoms with Gasteiger partial charge in [-0.05, 0) is 38.1 Å². The first-order valence-corrected chi connectivity index (χ1v) is 6.94. The highest BCUT2D eigenvalue weighted by atomic mass is 32.1. The summed E-state index contributed by atoms with van der Waals surface area (Å²) in [6.07, 6.45) is 0.802. The van der Waals surface area contributed by atoms with Crippen molar-refractivity contribution >= 4 is 11.3 Å². The maximum Gasteiger partial charge on any atom is 0.147 e. The standard InChI is InChI=1S/C14H18N2OS/c1-10-4-3-5-13(8-10)17-11(2)14-16-12(6-7-15)9-18-14/h3-5,8-9,11H,6-7,15H2,1-2H3. The van der Waals surface area contributed by atoms with Gasteiger partial charge >= 0.3 is 0 Å². The second kappa shape index (κ2) is 5.98. The van der Waals surface area contributed by atoms with Crippen LogP contribution in [-0.2, 0) is 6.42 Å². The van der Waals surface area contributed by atoms with Crippen molar-refractivity contribution in [3.8, 4) is 5.75 Å². The van der Waals surface area contributed by atoms with Crippen molar-refractivity contribution in [2.24, 2.45) is 5.73 Å². The number of benzene rings is 1. The summed E-state index contributed by atoms with van der Waals surface area (Å²) in [6.45, 7) is 4.71. The third-order valence-corrected chi connectivity index (χ3v) is 3.67. The van der Waals surface area contributed by atoms with Gasteiger partial charge in [0.05, 0.1) is 5.69 Å². The fourth-order valence-corrected chi connectivity index (χ4v) is 2.55. The van der Waals surface area contributed by atoms with Crippen LogP contribution in [0.3, 0.4) is 0 Å². The molecule has 0 bridgehead atoms. The Bertz CT molecular complexity index is 510. The Labute approximate surface area is 112 Å². The molecule has 2 N–H and O–H groups in total. The molecule has 1 aromatic carbocycles. The van der Waals surface area contributed by atoms with Crippen LogP contribution in [-0.4, -0.2) is 11.5 Å². The lowest BCUT2D eigenvalue weighted by molar-refractivity contribution is 0.226. The molecule has 0 aliphatic rings. The molecule has 2 rings (SSSR count). The van der Waals surface area contributed by atoms with Gasteiger partial charge in [0.15, 0.2) is 0 Å². The average Bonchev–Trinajstić information content (AvgIpc) is 2.78. The highest BCUT2D eigenvalue weighted by Crippen LogP contribution is 2.24. The SMILES string of the molecule is Cc1cccc(OC(C)c2nc(CCN)cs2)c1. The molecule has 0 aliphatic heterocycles. The molecule has 0 radical (unpaired) electrons. The van der Waals surface area contributed by atoms with Gasteiger partial charge < -0.3 is 10.5 Å². The van der Waals surface area contributed by atoms with Crippen molar-refractivity contribution in [2.45, 2.75) is 26.4 Å². The maximum absolute atomic E-state index is 5.89. The van der Waals surface area contributed by atoms with E-state index >= 15 is 0 Å². The second-order valence-corrected chi connectivity index (χ2v) is 5.18. The predicted molar refractivity (Wildman–Crippen MR) is 75.1 cm³/mol. The Hall–Kier alpha value is -1.39. The Balaban J connectivity index is 2.04. The number of rotatable bonds is 5. The molecule has 1 heterocycles. The van der Waals surface area contributed by atoms with E-state index in [1.165, 1.54) is 5.56 Å². The number of hydrogen-bond acceptors (Lipinski definition) is 4. The molecule has 4 heteroatoms. The van der Waals surface area contributed by atoms with Crippen LogP contribution in [0.15, 0.2) is 29.6 Å². The third kappa shape index (κ3) is 3.31. The first kappa shape index (κ1) is 13.1. The van der Waals surface area contributed by atoms with Crippen molar-refractivity contribution < 1.29 is 4.74 Å².